The van der Waals surface area contributed by atoms with Gasteiger partial charge in [0.25, 0.3) is 0 Å². The van der Waals surface area contributed by atoms with E-state index in [1.165, 1.54) is 16.5 Å². The number of anilines is 2. The Kier molecular flexibility index (Phi) is 9.95. The predicted octanol–water partition coefficient (Wildman–Crippen LogP) is 5.26. The molecule has 260 valence electrons. The molecule has 50 heavy (non-hydrogen) atoms. The molecule has 4 aromatic rings. The molecule has 11 nitrogen and oxygen atoms in total. The number of nitriles is 1. The Labute approximate surface area is 298 Å². The second-order valence-corrected chi connectivity index (χ2v) is 13.5. The van der Waals surface area contributed by atoms with Crippen molar-refractivity contribution in [2.75, 3.05) is 55.7 Å². The van der Waals surface area contributed by atoms with E-state index in [-0.39, 0.29) is 43.1 Å². The molecule has 1 N–H and O–H groups in total. The Hall–Kier alpha value is -4.63. The molecule has 3 fully saturated rings. The molecule has 12 heteroatoms. The van der Waals surface area contributed by atoms with Crippen molar-refractivity contribution in [2.24, 2.45) is 0 Å². The van der Waals surface area contributed by atoms with E-state index >= 15 is 0 Å². The van der Waals surface area contributed by atoms with E-state index in [0.29, 0.717) is 45.4 Å². The van der Waals surface area contributed by atoms with Crippen LogP contribution in [0.2, 0.25) is 0 Å². The first-order valence-corrected chi connectivity index (χ1v) is 17.3. The molecule has 2 atom stereocenters. The average molecular weight is 696 g/mol. The van der Waals surface area contributed by atoms with Gasteiger partial charge in [0.05, 0.1) is 37.4 Å². The quantitative estimate of drug-likeness (QED) is 0.262. The summed E-state index contributed by atoms with van der Waals surface area (Å²) in [5, 5.41) is 15.8. The largest absolute Gasteiger partial charge is 0.461 e. The molecular formula is C38H42ClN7O4. The Morgan fingerprint density at radius 3 is 2.62 bits per heavy atom. The number of rotatable bonds is 8. The summed E-state index contributed by atoms with van der Waals surface area (Å²) < 4.78 is 18.1. The van der Waals surface area contributed by atoms with Gasteiger partial charge in [0.1, 0.15) is 25.1 Å². The Morgan fingerprint density at radius 1 is 1.00 bits per heavy atom. The number of aromatic nitrogens is 2. The predicted molar refractivity (Wildman–Crippen MR) is 193 cm³/mol. The maximum Gasteiger partial charge on any atom is 0.410 e. The van der Waals surface area contributed by atoms with Gasteiger partial charge >= 0.3 is 12.1 Å². The molecule has 1 saturated carbocycles. The molecule has 3 aliphatic heterocycles. The molecule has 4 heterocycles. The van der Waals surface area contributed by atoms with E-state index in [1.807, 2.05) is 30.3 Å². The normalized spacial score (nSPS) is 20.8. The van der Waals surface area contributed by atoms with E-state index in [1.54, 1.807) is 4.90 Å². The van der Waals surface area contributed by atoms with Crippen LogP contribution >= 0.6 is 12.4 Å². The van der Waals surface area contributed by atoms with Crippen LogP contribution in [-0.2, 0) is 29.0 Å². The van der Waals surface area contributed by atoms with Gasteiger partial charge < -0.3 is 34.2 Å². The van der Waals surface area contributed by atoms with Crippen molar-refractivity contribution in [3.63, 3.8) is 0 Å². The molecule has 8 rings (SSSR count). The zero-order chi connectivity index (χ0) is 33.2. The Bertz CT molecular complexity index is 1850. The topological polar surface area (TPSA) is 116 Å². The standard InChI is InChI=1S/C38H41N7O4.ClH/c39-17-13-29-22-44(19-20-45(29)37(46)48-24-27-7-2-1-3-8-27)35-32-14-18-43(34-12-6-10-28-9-4-5-11-31(28)34)23-33(32)41-36(42-35)47-25-30-21-40-38(15-16-38)26-49-30;/h1-12,29-30,40H,13-16,18-26H2;1H/t29-,30+;/m0./s1. The van der Waals surface area contributed by atoms with Crippen molar-refractivity contribution in [1.82, 2.24) is 20.2 Å². The highest BCUT2D eigenvalue weighted by Gasteiger charge is 2.46. The maximum absolute atomic E-state index is 13.2. The molecule has 1 spiro atoms. The number of carbonyl (C=O) groups excluding carboxylic acids is 1. The van der Waals surface area contributed by atoms with Crippen LogP contribution in [-0.4, -0.2) is 84.6 Å². The molecule has 1 aliphatic carbocycles. The van der Waals surface area contributed by atoms with Crippen molar-refractivity contribution in [1.29, 1.82) is 5.26 Å². The van der Waals surface area contributed by atoms with Gasteiger partial charge in [-0.3, -0.25) is 0 Å². The lowest BCUT2D eigenvalue weighted by Crippen LogP contribution is -2.55. The summed E-state index contributed by atoms with van der Waals surface area (Å²) >= 11 is 0. The lowest BCUT2D eigenvalue weighted by Gasteiger charge is -2.42. The van der Waals surface area contributed by atoms with E-state index < -0.39 is 6.09 Å². The van der Waals surface area contributed by atoms with E-state index in [2.05, 4.69) is 63.7 Å². The third-order valence-corrected chi connectivity index (χ3v) is 10.2. The van der Waals surface area contributed by atoms with Gasteiger partial charge in [-0.15, -0.1) is 12.4 Å². The summed E-state index contributed by atoms with van der Waals surface area (Å²) in [6.45, 7) is 4.85. The summed E-state index contributed by atoms with van der Waals surface area (Å²) in [4.78, 5) is 29.5. The lowest BCUT2D eigenvalue weighted by molar-refractivity contribution is -0.0274. The number of piperazine rings is 1. The number of benzene rings is 3. The van der Waals surface area contributed by atoms with Crippen LogP contribution < -0.4 is 19.9 Å². The monoisotopic (exact) mass is 695 g/mol. The average Bonchev–Trinajstić information content (AvgIpc) is 3.91. The van der Waals surface area contributed by atoms with Crippen LogP contribution in [0.1, 0.15) is 36.1 Å². The highest BCUT2D eigenvalue weighted by Crippen LogP contribution is 2.38. The van der Waals surface area contributed by atoms with Crippen molar-refractivity contribution in [3.8, 4) is 12.1 Å². The van der Waals surface area contributed by atoms with Gasteiger partial charge in [-0.1, -0.05) is 66.7 Å². The summed E-state index contributed by atoms with van der Waals surface area (Å²) in [5.41, 5.74) is 4.29. The fraction of sp³-hybridized carbons (Fsp3) is 0.421. The molecule has 0 bridgehead atoms. The maximum atomic E-state index is 13.2. The smallest absolute Gasteiger partial charge is 0.410 e. The van der Waals surface area contributed by atoms with Crippen LogP contribution in [0.4, 0.5) is 16.3 Å². The van der Waals surface area contributed by atoms with Crippen molar-refractivity contribution in [2.45, 2.75) is 56.5 Å². The fourth-order valence-electron chi connectivity index (χ4n) is 7.24. The number of fused-ring (bicyclic) bond motifs is 2. The molecule has 0 radical (unpaired) electrons. The van der Waals surface area contributed by atoms with Crippen LogP contribution in [0.5, 0.6) is 6.01 Å². The van der Waals surface area contributed by atoms with Gasteiger partial charge in [0, 0.05) is 54.9 Å². The number of amides is 1. The first-order valence-electron chi connectivity index (χ1n) is 17.3. The first kappa shape index (κ1) is 33.8. The van der Waals surface area contributed by atoms with Gasteiger partial charge in [0.2, 0.25) is 0 Å². The van der Waals surface area contributed by atoms with Crippen LogP contribution in [0.3, 0.4) is 0 Å². The molecule has 4 aliphatic rings. The zero-order valence-electron chi connectivity index (χ0n) is 28.0. The molecule has 1 amide bonds. The lowest BCUT2D eigenvalue weighted by atomic mass is 10.0. The summed E-state index contributed by atoms with van der Waals surface area (Å²) in [7, 11) is 0. The number of ether oxygens (including phenoxy) is 3. The highest BCUT2D eigenvalue weighted by molar-refractivity contribution is 5.94. The Morgan fingerprint density at radius 2 is 1.82 bits per heavy atom. The Balaban J connectivity index is 0.00000392. The summed E-state index contributed by atoms with van der Waals surface area (Å²) in [6, 6.07) is 26.8. The molecular weight excluding hydrogens is 654 g/mol. The number of hydrogen-bond donors (Lipinski definition) is 1. The first-order chi connectivity index (χ1) is 24.1. The number of carbonyl (C=O) groups is 1. The number of nitrogens with one attached hydrogen (secondary N) is 1. The van der Waals surface area contributed by atoms with E-state index in [4.69, 9.17) is 24.2 Å². The SMILES string of the molecule is Cl.N#CC[C@H]1CN(c2nc(OC[C@H]3CNC4(CC4)CO3)nc3c2CCN(c2cccc4ccccc24)C3)CCN1C(=O)OCc1ccccc1. The second-order valence-electron chi connectivity index (χ2n) is 13.5. The zero-order valence-corrected chi connectivity index (χ0v) is 28.8. The van der Waals surface area contributed by atoms with Crippen LogP contribution in [0.25, 0.3) is 10.8 Å². The third kappa shape index (κ3) is 7.15. The van der Waals surface area contributed by atoms with E-state index in [0.717, 1.165) is 55.0 Å². The van der Waals surface area contributed by atoms with Gasteiger partial charge in [-0.05, 0) is 36.3 Å². The number of morpholine rings is 1. The van der Waals surface area contributed by atoms with Crippen molar-refractivity contribution < 1.29 is 19.0 Å². The van der Waals surface area contributed by atoms with Crippen LogP contribution in [0, 0.1) is 11.3 Å². The van der Waals surface area contributed by atoms with Gasteiger partial charge in [-0.2, -0.15) is 15.2 Å². The molecule has 2 saturated heterocycles. The molecule has 0 unspecified atom stereocenters. The van der Waals surface area contributed by atoms with Gasteiger partial charge in [-0.25, -0.2) is 4.79 Å². The van der Waals surface area contributed by atoms with Gasteiger partial charge in [0.15, 0.2) is 0 Å². The highest BCUT2D eigenvalue weighted by atomic mass is 35.5. The third-order valence-electron chi connectivity index (χ3n) is 10.2. The minimum atomic E-state index is -0.405. The minimum absolute atomic E-state index is 0. The molecule has 1 aromatic heterocycles. The van der Waals surface area contributed by atoms with Crippen molar-refractivity contribution >= 4 is 40.8 Å². The van der Waals surface area contributed by atoms with E-state index in [9.17, 15) is 10.1 Å². The van der Waals surface area contributed by atoms with Crippen LogP contribution in [0.15, 0.2) is 72.8 Å². The summed E-state index contributed by atoms with van der Waals surface area (Å²) in [6.07, 6.45) is 2.79. The minimum Gasteiger partial charge on any atom is -0.461 e. The number of nitrogens with zero attached hydrogens (tertiary/aromatic N) is 6. The second kappa shape index (κ2) is 14.7. The number of halogens is 1. The fourth-order valence-corrected chi connectivity index (χ4v) is 7.24. The molecule has 3 aromatic carbocycles. The summed E-state index contributed by atoms with van der Waals surface area (Å²) in [5.74, 6) is 0.817. The number of hydrogen-bond acceptors (Lipinski definition) is 10. The van der Waals surface area contributed by atoms with Crippen molar-refractivity contribution in [3.05, 3.63) is 89.6 Å².